The minimum absolute atomic E-state index is 0.0328. The van der Waals surface area contributed by atoms with Gasteiger partial charge < -0.3 is 5.32 Å². The fourth-order valence-corrected chi connectivity index (χ4v) is 4.57. The molecule has 166 valence electrons. The molecule has 33 heavy (non-hydrogen) atoms. The van der Waals surface area contributed by atoms with E-state index in [9.17, 15) is 9.59 Å². The van der Waals surface area contributed by atoms with Crippen LogP contribution in [0.15, 0.2) is 84.9 Å². The van der Waals surface area contributed by atoms with Gasteiger partial charge in [0, 0.05) is 24.0 Å². The van der Waals surface area contributed by atoms with Gasteiger partial charge in [0.1, 0.15) is 0 Å². The number of aromatic nitrogens is 1. The second kappa shape index (κ2) is 10.4. The fourth-order valence-electron chi connectivity index (χ4n) is 3.56. The van der Waals surface area contributed by atoms with Gasteiger partial charge in [0.15, 0.2) is 10.9 Å². The zero-order valence-electron chi connectivity index (χ0n) is 18.7. The predicted octanol–water partition coefficient (Wildman–Crippen LogP) is 7.20. The SMILES string of the molecule is CC(C)c1ccc(C(=O)CCC(=O)Nc2nc(-c3ccccc3)c(-c3ccccc3)s2)cc1. The van der Waals surface area contributed by atoms with Gasteiger partial charge in [-0.2, -0.15) is 0 Å². The van der Waals surface area contributed by atoms with Crippen LogP contribution in [0, 0.1) is 0 Å². The van der Waals surface area contributed by atoms with Gasteiger partial charge in [0.05, 0.1) is 10.6 Å². The molecule has 0 aliphatic carbocycles. The van der Waals surface area contributed by atoms with Crippen molar-refractivity contribution in [3.8, 4) is 21.7 Å². The first-order valence-electron chi connectivity index (χ1n) is 11.1. The van der Waals surface area contributed by atoms with Crippen LogP contribution in [-0.2, 0) is 4.79 Å². The summed E-state index contributed by atoms with van der Waals surface area (Å²) in [6.45, 7) is 4.23. The fraction of sp³-hybridized carbons (Fsp3) is 0.179. The highest BCUT2D eigenvalue weighted by Gasteiger charge is 2.17. The molecule has 0 spiro atoms. The van der Waals surface area contributed by atoms with Gasteiger partial charge in [-0.1, -0.05) is 110 Å². The molecule has 0 saturated carbocycles. The number of anilines is 1. The maximum Gasteiger partial charge on any atom is 0.226 e. The lowest BCUT2D eigenvalue weighted by Gasteiger charge is -2.06. The Labute approximate surface area is 198 Å². The van der Waals surface area contributed by atoms with E-state index < -0.39 is 0 Å². The monoisotopic (exact) mass is 454 g/mol. The van der Waals surface area contributed by atoms with Crippen LogP contribution in [0.3, 0.4) is 0 Å². The first kappa shape index (κ1) is 22.6. The lowest BCUT2D eigenvalue weighted by Crippen LogP contribution is -2.13. The van der Waals surface area contributed by atoms with Gasteiger partial charge in [-0.25, -0.2) is 4.98 Å². The molecule has 0 radical (unpaired) electrons. The molecule has 1 amide bonds. The van der Waals surface area contributed by atoms with Gasteiger partial charge in [-0.3, -0.25) is 9.59 Å². The average Bonchev–Trinajstić information content (AvgIpc) is 3.27. The third-order valence-electron chi connectivity index (χ3n) is 5.44. The molecule has 0 fully saturated rings. The number of hydrogen-bond acceptors (Lipinski definition) is 4. The van der Waals surface area contributed by atoms with Crippen LogP contribution in [-0.4, -0.2) is 16.7 Å². The second-order valence-corrected chi connectivity index (χ2v) is 9.18. The first-order valence-corrected chi connectivity index (χ1v) is 11.9. The van der Waals surface area contributed by atoms with Crippen molar-refractivity contribution >= 4 is 28.2 Å². The molecule has 0 bridgehead atoms. The van der Waals surface area contributed by atoms with Crippen LogP contribution < -0.4 is 5.32 Å². The second-order valence-electron chi connectivity index (χ2n) is 8.18. The normalized spacial score (nSPS) is 10.9. The largest absolute Gasteiger partial charge is 0.302 e. The Morgan fingerprint density at radius 2 is 1.42 bits per heavy atom. The van der Waals surface area contributed by atoms with Crippen molar-refractivity contribution in [1.29, 1.82) is 0 Å². The van der Waals surface area contributed by atoms with Crippen molar-refractivity contribution < 1.29 is 9.59 Å². The molecular formula is C28H26N2O2S. The van der Waals surface area contributed by atoms with Crippen LogP contribution in [0.4, 0.5) is 5.13 Å². The first-order chi connectivity index (χ1) is 16.0. The van der Waals surface area contributed by atoms with Crippen LogP contribution in [0.5, 0.6) is 0 Å². The third kappa shape index (κ3) is 5.62. The number of nitrogens with zero attached hydrogens (tertiary/aromatic N) is 1. The number of nitrogens with one attached hydrogen (secondary N) is 1. The standard InChI is InChI=1S/C28H26N2O2S/c1-19(2)20-13-15-21(16-14-20)24(31)17-18-25(32)29-28-30-26(22-9-5-3-6-10-22)27(33-28)23-11-7-4-8-12-23/h3-16,19H,17-18H2,1-2H3,(H,29,30,32). The van der Waals surface area contributed by atoms with Gasteiger partial charge in [0.25, 0.3) is 0 Å². The number of Topliss-reactive ketones (excluding diaryl/α,β-unsaturated/α-hetero) is 1. The van der Waals surface area contributed by atoms with Gasteiger partial charge >= 0.3 is 0 Å². The summed E-state index contributed by atoms with van der Waals surface area (Å²) < 4.78 is 0. The van der Waals surface area contributed by atoms with Gasteiger partial charge in [-0.15, -0.1) is 0 Å². The van der Waals surface area contributed by atoms with Crippen LogP contribution in [0.1, 0.15) is 48.5 Å². The molecule has 0 aliphatic heterocycles. The summed E-state index contributed by atoms with van der Waals surface area (Å²) in [5, 5.41) is 3.42. The minimum Gasteiger partial charge on any atom is -0.302 e. The van der Waals surface area contributed by atoms with Crippen molar-refractivity contribution in [2.75, 3.05) is 5.32 Å². The third-order valence-corrected chi connectivity index (χ3v) is 6.46. The Morgan fingerprint density at radius 1 is 0.818 bits per heavy atom. The molecule has 1 heterocycles. The van der Waals surface area contributed by atoms with Crippen molar-refractivity contribution in [2.24, 2.45) is 0 Å². The molecule has 0 atom stereocenters. The molecule has 4 aromatic rings. The van der Waals surface area contributed by atoms with Gasteiger partial charge in [-0.05, 0) is 17.0 Å². The number of carbonyl (C=O) groups excluding carboxylic acids is 2. The number of benzene rings is 3. The number of thiazole rings is 1. The predicted molar refractivity (Wildman–Crippen MR) is 136 cm³/mol. The molecule has 1 N–H and O–H groups in total. The number of ketones is 1. The molecule has 0 saturated heterocycles. The van der Waals surface area contributed by atoms with E-state index in [4.69, 9.17) is 4.98 Å². The Balaban J connectivity index is 1.46. The van der Waals surface area contributed by atoms with Crippen LogP contribution in [0.2, 0.25) is 0 Å². The lowest BCUT2D eigenvalue weighted by atomic mass is 9.99. The Hall–Kier alpha value is -3.57. The number of hydrogen-bond donors (Lipinski definition) is 1. The number of amides is 1. The summed E-state index contributed by atoms with van der Waals surface area (Å²) in [5.74, 6) is 0.171. The van der Waals surface area contributed by atoms with Gasteiger partial charge in [0.2, 0.25) is 5.91 Å². The van der Waals surface area contributed by atoms with Crippen molar-refractivity contribution in [3.63, 3.8) is 0 Å². The van der Waals surface area contributed by atoms with E-state index in [2.05, 4.69) is 19.2 Å². The molecular weight excluding hydrogens is 428 g/mol. The van der Waals surface area contributed by atoms with Crippen molar-refractivity contribution in [2.45, 2.75) is 32.6 Å². The summed E-state index contributed by atoms with van der Waals surface area (Å²) in [6, 6.07) is 27.6. The average molecular weight is 455 g/mol. The quantitative estimate of drug-likeness (QED) is 0.286. The summed E-state index contributed by atoms with van der Waals surface area (Å²) in [4.78, 5) is 30.8. The summed E-state index contributed by atoms with van der Waals surface area (Å²) in [6.07, 6.45) is 0.279. The van der Waals surface area contributed by atoms with E-state index in [0.717, 1.165) is 21.7 Å². The Bertz CT molecular complexity index is 1170. The summed E-state index contributed by atoms with van der Waals surface area (Å²) in [5.41, 5.74) is 4.71. The zero-order valence-corrected chi connectivity index (χ0v) is 19.6. The highest BCUT2D eigenvalue weighted by Crippen LogP contribution is 2.38. The molecule has 4 nitrogen and oxygen atoms in total. The molecule has 4 rings (SSSR count). The van der Waals surface area contributed by atoms with E-state index in [-0.39, 0.29) is 24.5 Å². The van der Waals surface area contributed by atoms with Crippen molar-refractivity contribution in [3.05, 3.63) is 96.1 Å². The molecule has 0 unspecified atom stereocenters. The molecule has 3 aromatic carbocycles. The molecule has 1 aromatic heterocycles. The Morgan fingerprint density at radius 3 is 2.03 bits per heavy atom. The molecule has 5 heteroatoms. The van der Waals surface area contributed by atoms with E-state index in [1.807, 2.05) is 84.9 Å². The maximum absolute atomic E-state index is 12.6. The zero-order chi connectivity index (χ0) is 23.2. The lowest BCUT2D eigenvalue weighted by molar-refractivity contribution is -0.116. The minimum atomic E-state index is -0.213. The number of carbonyl (C=O) groups is 2. The highest BCUT2D eigenvalue weighted by molar-refractivity contribution is 7.19. The maximum atomic E-state index is 12.6. The smallest absolute Gasteiger partial charge is 0.226 e. The highest BCUT2D eigenvalue weighted by atomic mass is 32.1. The Kier molecular flexibility index (Phi) is 7.10. The summed E-state index contributed by atoms with van der Waals surface area (Å²) >= 11 is 1.44. The summed E-state index contributed by atoms with van der Waals surface area (Å²) in [7, 11) is 0. The van der Waals surface area contributed by atoms with Crippen LogP contribution >= 0.6 is 11.3 Å². The van der Waals surface area contributed by atoms with E-state index in [1.165, 1.54) is 16.9 Å². The van der Waals surface area contributed by atoms with E-state index in [1.54, 1.807) is 0 Å². The van der Waals surface area contributed by atoms with Crippen LogP contribution in [0.25, 0.3) is 21.7 Å². The van der Waals surface area contributed by atoms with Crippen molar-refractivity contribution in [1.82, 2.24) is 4.98 Å². The van der Waals surface area contributed by atoms with E-state index in [0.29, 0.717) is 16.6 Å². The topological polar surface area (TPSA) is 59.1 Å². The van der Waals surface area contributed by atoms with E-state index >= 15 is 0 Å². The molecule has 0 aliphatic rings. The number of rotatable bonds is 8.